The molecule has 118 valence electrons. The van der Waals surface area contributed by atoms with Crippen LogP contribution in [-0.4, -0.2) is 13.1 Å². The van der Waals surface area contributed by atoms with Gasteiger partial charge < -0.3 is 10.2 Å². The van der Waals surface area contributed by atoms with E-state index in [1.165, 1.54) is 0 Å². The SMILES string of the molecule is CCN(CC)c1ccc(C2C(C#N)=C(C)NC(C)=C2C#N)cc1. The zero-order valence-electron chi connectivity index (χ0n) is 14.1. The molecule has 0 bridgehead atoms. The van der Waals surface area contributed by atoms with Gasteiger partial charge in [-0.3, -0.25) is 0 Å². The Balaban J connectivity index is 2.48. The van der Waals surface area contributed by atoms with Crippen molar-refractivity contribution in [3.05, 3.63) is 52.4 Å². The second-order valence-corrected chi connectivity index (χ2v) is 5.62. The second-order valence-electron chi connectivity index (χ2n) is 5.62. The monoisotopic (exact) mass is 306 g/mol. The highest BCUT2D eigenvalue weighted by atomic mass is 15.1. The lowest BCUT2D eigenvalue weighted by molar-refractivity contribution is 0.813. The molecular formula is C19H22N4. The first kappa shape index (κ1) is 16.6. The Morgan fingerprint density at radius 2 is 1.43 bits per heavy atom. The molecule has 1 N–H and O–H groups in total. The third-order valence-corrected chi connectivity index (χ3v) is 4.36. The lowest BCUT2D eigenvalue weighted by Crippen LogP contribution is -2.24. The smallest absolute Gasteiger partial charge is 0.0975 e. The zero-order valence-corrected chi connectivity index (χ0v) is 14.1. The first-order valence-corrected chi connectivity index (χ1v) is 7.90. The van der Waals surface area contributed by atoms with Crippen molar-refractivity contribution in [1.29, 1.82) is 10.5 Å². The highest BCUT2D eigenvalue weighted by molar-refractivity contribution is 5.57. The molecule has 2 rings (SSSR count). The molecule has 0 aromatic heterocycles. The first-order chi connectivity index (χ1) is 11.1. The second kappa shape index (κ2) is 7.03. The van der Waals surface area contributed by atoms with Crippen LogP contribution in [0.15, 0.2) is 46.8 Å². The van der Waals surface area contributed by atoms with Crippen molar-refractivity contribution in [2.45, 2.75) is 33.6 Å². The maximum absolute atomic E-state index is 9.52. The summed E-state index contributed by atoms with van der Waals surface area (Å²) in [7, 11) is 0. The van der Waals surface area contributed by atoms with Crippen LogP contribution in [0.1, 0.15) is 39.2 Å². The van der Waals surface area contributed by atoms with Crippen LogP contribution in [0.25, 0.3) is 0 Å². The van der Waals surface area contributed by atoms with Crippen molar-refractivity contribution < 1.29 is 0 Å². The Morgan fingerprint density at radius 3 is 1.83 bits per heavy atom. The van der Waals surface area contributed by atoms with E-state index in [2.05, 4.69) is 48.3 Å². The fraction of sp³-hybridized carbons (Fsp3) is 0.368. The van der Waals surface area contributed by atoms with Gasteiger partial charge in [-0.25, -0.2) is 0 Å². The van der Waals surface area contributed by atoms with Gasteiger partial charge in [-0.15, -0.1) is 0 Å². The van der Waals surface area contributed by atoms with Crippen LogP contribution in [-0.2, 0) is 0 Å². The molecule has 0 radical (unpaired) electrons. The topological polar surface area (TPSA) is 62.9 Å². The average Bonchev–Trinajstić information content (AvgIpc) is 2.56. The molecule has 0 spiro atoms. The molecule has 4 nitrogen and oxygen atoms in total. The highest BCUT2D eigenvalue weighted by Crippen LogP contribution is 2.37. The normalized spacial score (nSPS) is 15.0. The summed E-state index contributed by atoms with van der Waals surface area (Å²) in [6.45, 7) is 9.93. The summed E-state index contributed by atoms with van der Waals surface area (Å²) in [5, 5.41) is 22.2. The van der Waals surface area contributed by atoms with Gasteiger partial charge in [0, 0.05) is 30.2 Å². The fourth-order valence-electron chi connectivity index (χ4n) is 3.09. The maximum atomic E-state index is 9.52. The number of nitrogens with zero attached hydrogens (tertiary/aromatic N) is 3. The minimum absolute atomic E-state index is 0.281. The Labute approximate surface area is 138 Å². The number of hydrogen-bond donors (Lipinski definition) is 1. The minimum Gasteiger partial charge on any atom is -0.372 e. The number of dihydropyridines is 1. The number of nitriles is 2. The number of allylic oxidation sites excluding steroid dienone is 4. The minimum atomic E-state index is -0.281. The Bertz CT molecular complexity index is 686. The Morgan fingerprint density at radius 1 is 0.957 bits per heavy atom. The van der Waals surface area contributed by atoms with Crippen molar-refractivity contribution >= 4 is 5.69 Å². The van der Waals surface area contributed by atoms with E-state index in [9.17, 15) is 10.5 Å². The number of hydrogen-bond acceptors (Lipinski definition) is 4. The summed E-state index contributed by atoms with van der Waals surface area (Å²) in [6.07, 6.45) is 0. The number of nitrogens with one attached hydrogen (secondary N) is 1. The molecule has 1 heterocycles. The summed E-state index contributed by atoms with van der Waals surface area (Å²) < 4.78 is 0. The molecule has 0 atom stereocenters. The van der Waals surface area contributed by atoms with Crippen LogP contribution in [0.5, 0.6) is 0 Å². The van der Waals surface area contributed by atoms with Gasteiger partial charge in [0.1, 0.15) is 0 Å². The van der Waals surface area contributed by atoms with Crippen molar-refractivity contribution in [3.8, 4) is 12.1 Å². The predicted octanol–water partition coefficient (Wildman–Crippen LogP) is 3.81. The van der Waals surface area contributed by atoms with E-state index in [-0.39, 0.29) is 5.92 Å². The Hall–Kier alpha value is -2.72. The summed E-state index contributed by atoms with van der Waals surface area (Å²) in [6, 6.07) is 12.7. The van der Waals surface area contributed by atoms with Gasteiger partial charge in [0.25, 0.3) is 0 Å². The zero-order chi connectivity index (χ0) is 17.0. The van der Waals surface area contributed by atoms with E-state index >= 15 is 0 Å². The summed E-state index contributed by atoms with van der Waals surface area (Å²) in [4.78, 5) is 2.27. The molecule has 0 amide bonds. The lowest BCUT2D eigenvalue weighted by atomic mass is 9.81. The van der Waals surface area contributed by atoms with Crippen molar-refractivity contribution in [3.63, 3.8) is 0 Å². The van der Waals surface area contributed by atoms with Gasteiger partial charge in [0.2, 0.25) is 0 Å². The highest BCUT2D eigenvalue weighted by Gasteiger charge is 2.29. The summed E-state index contributed by atoms with van der Waals surface area (Å²) in [5.74, 6) is -0.281. The van der Waals surface area contributed by atoms with Crippen LogP contribution < -0.4 is 10.2 Å². The van der Waals surface area contributed by atoms with E-state index in [1.807, 2.05) is 26.0 Å². The van der Waals surface area contributed by atoms with Crippen molar-refractivity contribution in [1.82, 2.24) is 5.32 Å². The molecule has 1 aliphatic rings. The van der Waals surface area contributed by atoms with Crippen LogP contribution in [0.4, 0.5) is 5.69 Å². The van der Waals surface area contributed by atoms with Crippen molar-refractivity contribution in [2.24, 2.45) is 0 Å². The molecule has 1 aliphatic heterocycles. The van der Waals surface area contributed by atoms with E-state index in [0.717, 1.165) is 35.7 Å². The van der Waals surface area contributed by atoms with E-state index in [0.29, 0.717) is 11.1 Å². The Kier molecular flexibility index (Phi) is 5.09. The van der Waals surface area contributed by atoms with Crippen LogP contribution >= 0.6 is 0 Å². The van der Waals surface area contributed by atoms with Gasteiger partial charge in [-0.1, -0.05) is 12.1 Å². The molecule has 0 unspecified atom stereocenters. The van der Waals surface area contributed by atoms with Gasteiger partial charge in [0.15, 0.2) is 0 Å². The molecule has 0 saturated carbocycles. The van der Waals surface area contributed by atoms with Crippen LogP contribution in [0, 0.1) is 22.7 Å². The first-order valence-electron chi connectivity index (χ1n) is 7.90. The predicted molar refractivity (Wildman–Crippen MR) is 92.5 cm³/mol. The molecular weight excluding hydrogens is 284 g/mol. The molecule has 0 aliphatic carbocycles. The molecule has 4 heteroatoms. The molecule has 0 fully saturated rings. The largest absolute Gasteiger partial charge is 0.372 e. The van der Waals surface area contributed by atoms with E-state index in [4.69, 9.17) is 0 Å². The molecule has 0 saturated heterocycles. The van der Waals surface area contributed by atoms with Crippen molar-refractivity contribution in [2.75, 3.05) is 18.0 Å². The summed E-state index contributed by atoms with van der Waals surface area (Å²) in [5.41, 5.74) is 5.01. The molecule has 1 aromatic carbocycles. The fourth-order valence-corrected chi connectivity index (χ4v) is 3.09. The van der Waals surface area contributed by atoms with Gasteiger partial charge in [-0.05, 0) is 45.4 Å². The summed E-state index contributed by atoms with van der Waals surface area (Å²) >= 11 is 0. The number of rotatable bonds is 4. The standard InChI is InChI=1S/C19H22N4/c1-5-23(6-2)16-9-7-15(8-10-16)19-17(11-20)13(3)22-14(4)18(19)12-21/h7-10,19,22H,5-6H2,1-4H3. The van der Waals surface area contributed by atoms with E-state index < -0.39 is 0 Å². The van der Waals surface area contributed by atoms with E-state index in [1.54, 1.807) is 0 Å². The van der Waals surface area contributed by atoms with Gasteiger partial charge in [0.05, 0.1) is 29.2 Å². The quantitative estimate of drug-likeness (QED) is 0.918. The third kappa shape index (κ3) is 3.07. The average molecular weight is 306 g/mol. The third-order valence-electron chi connectivity index (χ3n) is 4.36. The molecule has 1 aromatic rings. The lowest BCUT2D eigenvalue weighted by Gasteiger charge is -2.27. The van der Waals surface area contributed by atoms with Crippen LogP contribution in [0.2, 0.25) is 0 Å². The number of benzene rings is 1. The van der Waals surface area contributed by atoms with Crippen LogP contribution in [0.3, 0.4) is 0 Å². The number of anilines is 1. The molecule has 23 heavy (non-hydrogen) atoms. The maximum Gasteiger partial charge on any atom is 0.0975 e. The van der Waals surface area contributed by atoms with Gasteiger partial charge in [-0.2, -0.15) is 10.5 Å². The van der Waals surface area contributed by atoms with Gasteiger partial charge >= 0.3 is 0 Å².